The van der Waals surface area contributed by atoms with Crippen molar-refractivity contribution < 1.29 is 34.3 Å². The van der Waals surface area contributed by atoms with Crippen LogP contribution in [0.5, 0.6) is 0 Å². The Labute approximate surface area is 181 Å². The lowest BCUT2D eigenvalue weighted by Crippen LogP contribution is -2.69. The van der Waals surface area contributed by atoms with E-state index in [2.05, 4.69) is 0 Å². The third-order valence-electron chi connectivity index (χ3n) is 6.43. The van der Waals surface area contributed by atoms with Crippen molar-refractivity contribution in [2.75, 3.05) is 13.2 Å². The summed E-state index contributed by atoms with van der Waals surface area (Å²) in [5.74, 6) is 0. The van der Waals surface area contributed by atoms with Crippen LogP contribution in [0.2, 0.25) is 0 Å². The molecule has 1 saturated carbocycles. The van der Waals surface area contributed by atoms with E-state index in [1.54, 1.807) is 0 Å². The number of nitrogens with two attached hydrogens (primary N) is 6. The van der Waals surface area contributed by atoms with Gasteiger partial charge in [0.2, 0.25) is 0 Å². The lowest BCUT2D eigenvalue weighted by molar-refractivity contribution is -0.293. The Hall–Kier alpha value is -0.520. The smallest absolute Gasteiger partial charge is 0.175 e. The number of aliphatic hydroxyl groups is 3. The third kappa shape index (κ3) is 5.35. The number of aliphatic hydroxyl groups excluding tert-OH is 3. The Morgan fingerprint density at radius 1 is 0.774 bits per heavy atom. The average Bonchev–Trinajstić information content (AvgIpc) is 2.75. The van der Waals surface area contributed by atoms with Crippen LogP contribution in [-0.2, 0) is 18.9 Å². The van der Waals surface area contributed by atoms with Gasteiger partial charge in [-0.05, 0) is 19.3 Å². The van der Waals surface area contributed by atoms with Gasteiger partial charge in [0.1, 0.15) is 24.4 Å². The van der Waals surface area contributed by atoms with Crippen LogP contribution in [0.3, 0.4) is 0 Å². The highest BCUT2D eigenvalue weighted by Crippen LogP contribution is 2.30. The van der Waals surface area contributed by atoms with Gasteiger partial charge < -0.3 is 68.7 Å². The second-order valence-electron chi connectivity index (χ2n) is 8.73. The molecule has 182 valence electrons. The van der Waals surface area contributed by atoms with Gasteiger partial charge in [-0.2, -0.15) is 0 Å². The second-order valence-corrected chi connectivity index (χ2v) is 8.73. The summed E-state index contributed by atoms with van der Waals surface area (Å²) in [4.78, 5) is 0. The van der Waals surface area contributed by atoms with Crippen LogP contribution in [0.1, 0.15) is 19.3 Å². The highest BCUT2D eigenvalue weighted by Gasteiger charge is 2.49. The van der Waals surface area contributed by atoms with Crippen LogP contribution < -0.4 is 34.4 Å². The van der Waals surface area contributed by atoms with E-state index in [9.17, 15) is 15.3 Å². The standard InChI is InChI=1S/C18H38N6O7/c19-4-6-1-2-7(20)17(28-6)30-15-8(21)3-9(22)16(14(15)27)31-18-12(24)11(23)13(26)10(5-25)29-18/h6-18,25-27H,1-5,19-24H2/t6-,7+,8-,9+,10+,11+,12+,13+,14-,15+,16-,17+,18+/m0/s1. The minimum absolute atomic E-state index is 0.187. The molecule has 2 saturated heterocycles. The molecular weight excluding hydrogens is 412 g/mol. The van der Waals surface area contributed by atoms with Crippen LogP contribution in [-0.4, -0.2) is 108 Å². The lowest BCUT2D eigenvalue weighted by Gasteiger charge is -2.47. The van der Waals surface area contributed by atoms with E-state index in [0.29, 0.717) is 13.0 Å². The summed E-state index contributed by atoms with van der Waals surface area (Å²) in [6.45, 7) is -0.145. The first-order valence-corrected chi connectivity index (χ1v) is 10.7. The van der Waals surface area contributed by atoms with Crippen molar-refractivity contribution in [3.8, 4) is 0 Å². The monoisotopic (exact) mass is 450 g/mol. The predicted octanol–water partition coefficient (Wildman–Crippen LogP) is -5.30. The summed E-state index contributed by atoms with van der Waals surface area (Å²) in [5, 5.41) is 30.5. The Bertz CT molecular complexity index is 578. The molecule has 3 fully saturated rings. The molecule has 31 heavy (non-hydrogen) atoms. The van der Waals surface area contributed by atoms with E-state index in [1.165, 1.54) is 0 Å². The van der Waals surface area contributed by atoms with Gasteiger partial charge in [0, 0.05) is 18.6 Å². The Morgan fingerprint density at radius 3 is 1.97 bits per heavy atom. The number of hydrogen-bond donors (Lipinski definition) is 9. The second kappa shape index (κ2) is 10.6. The quantitative estimate of drug-likeness (QED) is 0.183. The van der Waals surface area contributed by atoms with Crippen LogP contribution in [0.25, 0.3) is 0 Å². The van der Waals surface area contributed by atoms with Crippen molar-refractivity contribution >= 4 is 0 Å². The van der Waals surface area contributed by atoms with E-state index >= 15 is 0 Å². The first-order chi connectivity index (χ1) is 14.7. The van der Waals surface area contributed by atoms with Crippen molar-refractivity contribution in [3.05, 3.63) is 0 Å². The van der Waals surface area contributed by atoms with Crippen LogP contribution in [0.15, 0.2) is 0 Å². The van der Waals surface area contributed by atoms with Gasteiger partial charge in [-0.3, -0.25) is 0 Å². The molecule has 3 rings (SSSR count). The minimum atomic E-state index is -1.24. The molecule has 13 atom stereocenters. The van der Waals surface area contributed by atoms with Gasteiger partial charge in [0.05, 0.1) is 36.9 Å². The maximum atomic E-state index is 11.0. The van der Waals surface area contributed by atoms with Gasteiger partial charge in [-0.1, -0.05) is 0 Å². The summed E-state index contributed by atoms with van der Waals surface area (Å²) in [6, 6.07) is -3.43. The normalized spacial score (nSPS) is 51.6. The summed E-state index contributed by atoms with van der Waals surface area (Å²) >= 11 is 0. The van der Waals surface area contributed by atoms with Gasteiger partial charge in [-0.25, -0.2) is 0 Å². The molecule has 13 nitrogen and oxygen atoms in total. The van der Waals surface area contributed by atoms with E-state index < -0.39 is 79.9 Å². The van der Waals surface area contributed by atoms with E-state index in [0.717, 1.165) is 6.42 Å². The van der Waals surface area contributed by atoms with Crippen LogP contribution >= 0.6 is 0 Å². The molecule has 0 aromatic carbocycles. The van der Waals surface area contributed by atoms with Crippen molar-refractivity contribution in [3.63, 3.8) is 0 Å². The molecule has 13 heteroatoms. The Balaban J connectivity index is 1.69. The first-order valence-electron chi connectivity index (χ1n) is 10.7. The van der Waals surface area contributed by atoms with E-state index in [-0.39, 0.29) is 12.5 Å². The topological polar surface area (TPSA) is 254 Å². The molecule has 0 aromatic heterocycles. The van der Waals surface area contributed by atoms with Gasteiger partial charge in [0.15, 0.2) is 12.6 Å². The number of ether oxygens (including phenoxy) is 4. The van der Waals surface area contributed by atoms with Crippen molar-refractivity contribution in [1.29, 1.82) is 0 Å². The van der Waals surface area contributed by atoms with Crippen molar-refractivity contribution in [2.45, 2.75) is 98.7 Å². The molecular formula is C18H38N6O7. The molecule has 0 radical (unpaired) electrons. The molecule has 0 amide bonds. The average molecular weight is 451 g/mol. The Kier molecular flexibility index (Phi) is 8.59. The third-order valence-corrected chi connectivity index (χ3v) is 6.43. The minimum Gasteiger partial charge on any atom is -0.394 e. The highest BCUT2D eigenvalue weighted by molar-refractivity contribution is 5.01. The molecule has 2 heterocycles. The highest BCUT2D eigenvalue weighted by atomic mass is 16.7. The zero-order chi connectivity index (χ0) is 22.9. The largest absolute Gasteiger partial charge is 0.394 e. The molecule has 0 bridgehead atoms. The summed E-state index contributed by atoms with van der Waals surface area (Å²) in [5.41, 5.74) is 36.2. The first kappa shape index (κ1) is 25.1. The molecule has 0 aromatic rings. The number of hydrogen-bond acceptors (Lipinski definition) is 13. The fourth-order valence-electron chi connectivity index (χ4n) is 4.40. The molecule has 0 unspecified atom stereocenters. The summed E-state index contributed by atoms with van der Waals surface area (Å²) < 4.78 is 23.3. The summed E-state index contributed by atoms with van der Waals surface area (Å²) in [7, 11) is 0. The molecule has 3 aliphatic rings. The zero-order valence-electron chi connectivity index (χ0n) is 17.5. The predicted molar refractivity (Wildman–Crippen MR) is 109 cm³/mol. The summed E-state index contributed by atoms with van der Waals surface area (Å²) in [6.07, 6.45) is -5.59. The molecule has 0 spiro atoms. The lowest BCUT2D eigenvalue weighted by atomic mass is 9.84. The maximum absolute atomic E-state index is 11.0. The molecule has 1 aliphatic carbocycles. The zero-order valence-corrected chi connectivity index (χ0v) is 17.5. The SMILES string of the molecule is NC[C@@H]1CC[C@@H](N)[C@@H](O[C@H]2[C@H](O)[C@@H](O[C@H]3O[C@H](CO)[C@@H](O)[C@H](N)[C@H]3N)[C@H](N)C[C@@H]2N)O1. The fourth-order valence-corrected chi connectivity index (χ4v) is 4.40. The fraction of sp³-hybridized carbons (Fsp3) is 1.00. The van der Waals surface area contributed by atoms with E-state index in [4.69, 9.17) is 53.3 Å². The van der Waals surface area contributed by atoms with Gasteiger partial charge in [0.25, 0.3) is 0 Å². The molecule has 15 N–H and O–H groups in total. The van der Waals surface area contributed by atoms with Gasteiger partial charge in [-0.15, -0.1) is 0 Å². The Morgan fingerprint density at radius 2 is 1.39 bits per heavy atom. The van der Waals surface area contributed by atoms with Crippen molar-refractivity contribution in [1.82, 2.24) is 0 Å². The van der Waals surface area contributed by atoms with Gasteiger partial charge >= 0.3 is 0 Å². The van der Waals surface area contributed by atoms with E-state index in [1.807, 2.05) is 0 Å². The van der Waals surface area contributed by atoms with Crippen LogP contribution in [0.4, 0.5) is 0 Å². The maximum Gasteiger partial charge on any atom is 0.175 e. The van der Waals surface area contributed by atoms with Crippen molar-refractivity contribution in [2.24, 2.45) is 34.4 Å². The molecule has 2 aliphatic heterocycles. The van der Waals surface area contributed by atoms with Crippen LogP contribution in [0, 0.1) is 0 Å². The number of rotatable bonds is 6.